The molecule has 5 nitrogen and oxygen atoms in total. The predicted octanol–water partition coefficient (Wildman–Crippen LogP) is 2.87. The number of likely N-dealkylation sites (tertiary alicyclic amines) is 1. The molecule has 0 aromatic heterocycles. The Labute approximate surface area is 134 Å². The van der Waals surface area contributed by atoms with E-state index in [1.54, 1.807) is 24.0 Å². The fraction of sp³-hybridized carbons (Fsp3) is 0.562. The summed E-state index contributed by atoms with van der Waals surface area (Å²) < 4.78 is 29.6. The van der Waals surface area contributed by atoms with E-state index in [2.05, 4.69) is 5.32 Å². The van der Waals surface area contributed by atoms with Crippen molar-refractivity contribution in [2.75, 3.05) is 25.1 Å². The lowest BCUT2D eigenvalue weighted by Crippen LogP contribution is -2.42. The summed E-state index contributed by atoms with van der Waals surface area (Å²) in [5, 5.41) is 12.1. The van der Waals surface area contributed by atoms with Gasteiger partial charge in [-0.2, -0.15) is 0 Å². The number of halogens is 2. The highest BCUT2D eigenvalue weighted by atomic mass is 19.3. The van der Waals surface area contributed by atoms with Gasteiger partial charge in [0, 0.05) is 18.3 Å². The minimum absolute atomic E-state index is 0.0781. The van der Waals surface area contributed by atoms with Crippen LogP contribution < -0.4 is 10.1 Å². The van der Waals surface area contributed by atoms with Crippen molar-refractivity contribution in [1.29, 1.82) is 0 Å². The number of hydrogen-bond donors (Lipinski definition) is 2. The summed E-state index contributed by atoms with van der Waals surface area (Å²) in [6.07, 6.45) is -1.71. The van der Waals surface area contributed by atoms with Crippen LogP contribution in [0.3, 0.4) is 0 Å². The lowest BCUT2D eigenvalue weighted by atomic mass is 10.0. The largest absolute Gasteiger partial charge is 0.487 e. The molecule has 7 heteroatoms. The van der Waals surface area contributed by atoms with E-state index in [1.807, 2.05) is 6.92 Å². The number of benzene rings is 1. The van der Waals surface area contributed by atoms with Crippen molar-refractivity contribution >= 4 is 11.7 Å². The maximum absolute atomic E-state index is 12.3. The third kappa shape index (κ3) is 4.31. The molecule has 2 amide bonds. The number of anilines is 1. The van der Waals surface area contributed by atoms with Gasteiger partial charge in [0.05, 0.1) is 12.6 Å². The van der Waals surface area contributed by atoms with Crippen LogP contribution in [0.2, 0.25) is 0 Å². The molecule has 1 aromatic rings. The fourth-order valence-corrected chi connectivity index (χ4v) is 2.72. The number of aryl methyl sites for hydroxylation is 1. The zero-order chi connectivity index (χ0) is 17.0. The Balaban J connectivity index is 2.05. The molecule has 1 saturated heterocycles. The molecule has 1 heterocycles. The summed E-state index contributed by atoms with van der Waals surface area (Å²) >= 11 is 0. The van der Waals surface area contributed by atoms with E-state index in [0.717, 1.165) is 6.42 Å². The van der Waals surface area contributed by atoms with E-state index in [9.17, 15) is 18.7 Å². The molecule has 0 saturated carbocycles. The summed E-state index contributed by atoms with van der Waals surface area (Å²) in [5.74, 6) is 0.560. The third-order valence-electron chi connectivity index (χ3n) is 4.13. The average Bonchev–Trinajstić information content (AvgIpc) is 2.88. The smallest absolute Gasteiger partial charge is 0.322 e. The standard InChI is InChI=1S/C16H22F2N2O3/c1-10-5-6-20(13(10)8-21)16(22)19-12-4-3-11(2)14(7-12)23-9-15(17)18/h3-4,7,10,13,15,21H,5-6,8-9H2,1-2H3,(H,19,22)/t10-,13+/m1/s1. The lowest BCUT2D eigenvalue weighted by molar-refractivity contribution is 0.0816. The van der Waals surface area contributed by atoms with Gasteiger partial charge in [-0.3, -0.25) is 0 Å². The van der Waals surface area contributed by atoms with Crippen LogP contribution in [-0.4, -0.2) is 48.3 Å². The van der Waals surface area contributed by atoms with Crippen molar-refractivity contribution in [2.45, 2.75) is 32.7 Å². The number of ether oxygens (including phenoxy) is 1. The van der Waals surface area contributed by atoms with Crippen LogP contribution in [0.15, 0.2) is 18.2 Å². The summed E-state index contributed by atoms with van der Waals surface area (Å²) in [7, 11) is 0. The number of aliphatic hydroxyl groups is 1. The Morgan fingerprint density at radius 1 is 1.52 bits per heavy atom. The first-order valence-corrected chi connectivity index (χ1v) is 7.62. The van der Waals surface area contributed by atoms with Crippen molar-refractivity contribution < 1.29 is 23.4 Å². The number of amides is 2. The number of carbonyl (C=O) groups excluding carboxylic acids is 1. The second-order valence-electron chi connectivity index (χ2n) is 5.82. The first kappa shape index (κ1) is 17.5. The van der Waals surface area contributed by atoms with Gasteiger partial charge in [0.25, 0.3) is 6.43 Å². The maximum Gasteiger partial charge on any atom is 0.322 e. The van der Waals surface area contributed by atoms with Crippen molar-refractivity contribution in [2.24, 2.45) is 5.92 Å². The average molecular weight is 328 g/mol. The molecule has 1 aliphatic rings. The van der Waals surface area contributed by atoms with E-state index < -0.39 is 13.0 Å². The molecule has 1 aliphatic heterocycles. The van der Waals surface area contributed by atoms with E-state index >= 15 is 0 Å². The summed E-state index contributed by atoms with van der Waals surface area (Å²) in [5.41, 5.74) is 1.19. The van der Waals surface area contributed by atoms with E-state index in [4.69, 9.17) is 4.74 Å². The highest BCUT2D eigenvalue weighted by Gasteiger charge is 2.33. The minimum Gasteiger partial charge on any atom is -0.487 e. The van der Waals surface area contributed by atoms with Crippen molar-refractivity contribution in [3.05, 3.63) is 23.8 Å². The normalized spacial score (nSPS) is 20.9. The number of hydrogen-bond acceptors (Lipinski definition) is 3. The first-order valence-electron chi connectivity index (χ1n) is 7.62. The molecule has 23 heavy (non-hydrogen) atoms. The molecule has 128 valence electrons. The Hall–Kier alpha value is -1.89. The second kappa shape index (κ2) is 7.59. The van der Waals surface area contributed by atoms with E-state index in [1.165, 1.54) is 6.07 Å². The van der Waals surface area contributed by atoms with Crippen LogP contribution in [-0.2, 0) is 0 Å². The van der Waals surface area contributed by atoms with Crippen LogP contribution in [0.5, 0.6) is 5.75 Å². The van der Waals surface area contributed by atoms with Crippen LogP contribution in [0.1, 0.15) is 18.9 Å². The van der Waals surface area contributed by atoms with Gasteiger partial charge in [-0.25, -0.2) is 13.6 Å². The molecule has 1 aromatic carbocycles. The quantitative estimate of drug-likeness (QED) is 0.874. The number of alkyl halides is 2. The highest BCUT2D eigenvalue weighted by Crippen LogP contribution is 2.26. The Bertz CT molecular complexity index is 554. The van der Waals surface area contributed by atoms with Gasteiger partial charge in [0.1, 0.15) is 12.4 Å². The first-order chi connectivity index (χ1) is 10.9. The zero-order valence-electron chi connectivity index (χ0n) is 13.3. The number of nitrogens with one attached hydrogen (secondary N) is 1. The lowest BCUT2D eigenvalue weighted by Gasteiger charge is -2.25. The van der Waals surface area contributed by atoms with Crippen molar-refractivity contribution in [3.63, 3.8) is 0 Å². The van der Waals surface area contributed by atoms with Gasteiger partial charge in [0.2, 0.25) is 0 Å². The van der Waals surface area contributed by atoms with Gasteiger partial charge >= 0.3 is 6.03 Å². The number of nitrogens with zero attached hydrogens (tertiary/aromatic N) is 1. The SMILES string of the molecule is Cc1ccc(NC(=O)N2CC[C@@H](C)[C@@H]2CO)cc1OCC(F)F. The fourth-order valence-electron chi connectivity index (χ4n) is 2.72. The summed E-state index contributed by atoms with van der Waals surface area (Å²) in [6, 6.07) is 4.41. The molecular formula is C16H22F2N2O3. The zero-order valence-corrected chi connectivity index (χ0v) is 13.3. The van der Waals surface area contributed by atoms with Gasteiger partial charge in [-0.1, -0.05) is 13.0 Å². The van der Waals surface area contributed by atoms with Gasteiger partial charge in [-0.05, 0) is 30.9 Å². The summed E-state index contributed by atoms with van der Waals surface area (Å²) in [6.45, 7) is 3.56. The van der Waals surface area contributed by atoms with E-state index in [-0.39, 0.29) is 24.6 Å². The Morgan fingerprint density at radius 2 is 2.26 bits per heavy atom. The molecule has 1 fully saturated rings. The monoisotopic (exact) mass is 328 g/mol. The Kier molecular flexibility index (Phi) is 5.76. The number of rotatable bonds is 5. The van der Waals surface area contributed by atoms with Crippen LogP contribution in [0.4, 0.5) is 19.3 Å². The topological polar surface area (TPSA) is 61.8 Å². The summed E-state index contributed by atoms with van der Waals surface area (Å²) in [4.78, 5) is 13.9. The third-order valence-corrected chi connectivity index (χ3v) is 4.13. The molecule has 0 bridgehead atoms. The van der Waals surface area contributed by atoms with E-state index in [0.29, 0.717) is 23.5 Å². The van der Waals surface area contributed by atoms with Crippen LogP contribution >= 0.6 is 0 Å². The van der Waals surface area contributed by atoms with Crippen LogP contribution in [0.25, 0.3) is 0 Å². The molecule has 2 rings (SSSR count). The number of urea groups is 1. The number of carbonyl (C=O) groups is 1. The molecule has 2 N–H and O–H groups in total. The maximum atomic E-state index is 12.3. The number of aliphatic hydroxyl groups excluding tert-OH is 1. The van der Waals surface area contributed by atoms with Gasteiger partial charge < -0.3 is 20.1 Å². The second-order valence-corrected chi connectivity index (χ2v) is 5.82. The van der Waals surface area contributed by atoms with Crippen molar-refractivity contribution in [3.8, 4) is 5.75 Å². The predicted molar refractivity (Wildman–Crippen MR) is 83.1 cm³/mol. The van der Waals surface area contributed by atoms with Crippen molar-refractivity contribution in [1.82, 2.24) is 4.90 Å². The molecule has 0 unspecified atom stereocenters. The Morgan fingerprint density at radius 3 is 2.91 bits per heavy atom. The van der Waals surface area contributed by atoms with Gasteiger partial charge in [0.15, 0.2) is 0 Å². The molecule has 0 aliphatic carbocycles. The van der Waals surface area contributed by atoms with Crippen LogP contribution in [0, 0.1) is 12.8 Å². The highest BCUT2D eigenvalue weighted by molar-refractivity contribution is 5.90. The van der Waals surface area contributed by atoms with Gasteiger partial charge in [-0.15, -0.1) is 0 Å². The minimum atomic E-state index is -2.55. The molecule has 0 radical (unpaired) electrons. The molecule has 0 spiro atoms. The molecule has 2 atom stereocenters. The molecular weight excluding hydrogens is 306 g/mol.